The van der Waals surface area contributed by atoms with Crippen molar-refractivity contribution in [2.45, 2.75) is 62.8 Å². The molecule has 0 spiro atoms. The normalized spacial score (nSPS) is 25.8. The van der Waals surface area contributed by atoms with E-state index in [4.69, 9.17) is 23.7 Å². The van der Waals surface area contributed by atoms with E-state index in [1.807, 2.05) is 0 Å². The van der Waals surface area contributed by atoms with Gasteiger partial charge >= 0.3 is 23.9 Å². The third-order valence-electron chi connectivity index (χ3n) is 3.92. The summed E-state index contributed by atoms with van der Waals surface area (Å²) in [7, 11) is 0. The van der Waals surface area contributed by atoms with Crippen LogP contribution >= 0.6 is 22.6 Å². The predicted molar refractivity (Wildman–Crippen MR) is 105 cm³/mol. The minimum absolute atomic E-state index is 0.303. The third kappa shape index (κ3) is 6.35. The van der Waals surface area contributed by atoms with Gasteiger partial charge in [-0.3, -0.25) is 19.2 Å². The molecule has 12 nitrogen and oxygen atoms in total. The maximum absolute atomic E-state index is 11.8. The lowest BCUT2D eigenvalue weighted by Crippen LogP contribution is -2.60. The summed E-state index contributed by atoms with van der Waals surface area (Å²) in [5.41, 5.74) is 0.628. The Kier molecular flexibility index (Phi) is 8.52. The highest BCUT2D eigenvalue weighted by atomic mass is 127. The van der Waals surface area contributed by atoms with Gasteiger partial charge in [0.05, 0.1) is 11.9 Å². The molecule has 0 aliphatic carbocycles. The van der Waals surface area contributed by atoms with Gasteiger partial charge in [-0.05, 0) is 0 Å². The van der Waals surface area contributed by atoms with Crippen LogP contribution in [0.5, 0.6) is 0 Å². The third-order valence-corrected chi connectivity index (χ3v) is 4.70. The zero-order chi connectivity index (χ0) is 22.4. The molecule has 1 aromatic heterocycles. The highest BCUT2D eigenvalue weighted by Gasteiger charge is 2.53. The first-order valence-corrected chi connectivity index (χ1v) is 10.4. The van der Waals surface area contributed by atoms with Gasteiger partial charge in [0.15, 0.2) is 24.5 Å². The number of nitrogens with zero attached hydrogens (tertiary/aromatic N) is 3. The first-order valence-electron chi connectivity index (χ1n) is 8.89. The van der Waals surface area contributed by atoms with Crippen molar-refractivity contribution in [1.29, 1.82) is 0 Å². The lowest BCUT2D eigenvalue weighted by molar-refractivity contribution is -0.270. The number of halogens is 1. The van der Waals surface area contributed by atoms with Crippen LogP contribution in [0, 0.1) is 0 Å². The number of esters is 4. The molecule has 2 rings (SSSR count). The maximum atomic E-state index is 11.8. The fraction of sp³-hybridized carbons (Fsp3) is 0.647. The Labute approximate surface area is 185 Å². The van der Waals surface area contributed by atoms with Crippen LogP contribution in [0.1, 0.15) is 39.6 Å². The first kappa shape index (κ1) is 24.0. The van der Waals surface area contributed by atoms with Gasteiger partial charge in [0.25, 0.3) is 0 Å². The van der Waals surface area contributed by atoms with E-state index in [0.29, 0.717) is 10.1 Å². The lowest BCUT2D eigenvalue weighted by Gasteiger charge is -2.44. The molecule has 0 amide bonds. The average molecular weight is 539 g/mol. The van der Waals surface area contributed by atoms with Gasteiger partial charge in [0.1, 0.15) is 12.7 Å². The minimum Gasteiger partial charge on any atom is -0.463 e. The van der Waals surface area contributed by atoms with E-state index in [0.717, 1.165) is 13.8 Å². The molecular formula is C17H22IN3O9. The molecule has 1 aromatic rings. The second-order valence-corrected chi connectivity index (χ2v) is 7.18. The number of rotatable bonds is 7. The number of carbonyl (C=O) groups excluding carboxylic acids is 4. The van der Waals surface area contributed by atoms with Gasteiger partial charge in [-0.2, -0.15) is 0 Å². The van der Waals surface area contributed by atoms with Crippen molar-refractivity contribution < 1.29 is 42.9 Å². The largest absolute Gasteiger partial charge is 0.463 e. The second kappa shape index (κ2) is 10.7. The first-order chi connectivity index (χ1) is 14.1. The number of alkyl halides is 1. The summed E-state index contributed by atoms with van der Waals surface area (Å²) in [5.74, 6) is -2.66. The molecule has 1 saturated heterocycles. The molecule has 0 unspecified atom stereocenters. The predicted octanol–water partition coefficient (Wildman–Crippen LogP) is 0.469. The SMILES string of the molecule is CC(=O)OC[C@H]1O[C@@H](n2cc(CI)nn2)[C@@H](OC(C)=O)[C@@H](OC(C)=O)[C@H]1OC(C)=O. The summed E-state index contributed by atoms with van der Waals surface area (Å²) in [6, 6.07) is 0. The van der Waals surface area contributed by atoms with Crippen molar-refractivity contribution in [1.82, 2.24) is 15.0 Å². The van der Waals surface area contributed by atoms with Crippen LogP contribution in [0.4, 0.5) is 0 Å². The number of hydrogen-bond acceptors (Lipinski definition) is 11. The molecule has 166 valence electrons. The van der Waals surface area contributed by atoms with Crippen molar-refractivity contribution >= 4 is 46.5 Å². The van der Waals surface area contributed by atoms with Crippen LogP contribution in [0.25, 0.3) is 0 Å². The zero-order valence-corrected chi connectivity index (χ0v) is 18.9. The molecule has 0 radical (unpaired) electrons. The van der Waals surface area contributed by atoms with Crippen LogP contribution in [-0.4, -0.2) is 69.9 Å². The molecule has 2 heterocycles. The molecule has 0 saturated carbocycles. The zero-order valence-electron chi connectivity index (χ0n) is 16.8. The van der Waals surface area contributed by atoms with Crippen LogP contribution in [0.3, 0.4) is 0 Å². The summed E-state index contributed by atoms with van der Waals surface area (Å²) in [6.07, 6.45) is -4.22. The molecule has 0 N–H and O–H groups in total. The topological polar surface area (TPSA) is 145 Å². The number of aromatic nitrogens is 3. The van der Waals surface area contributed by atoms with Crippen molar-refractivity contribution in [3.8, 4) is 0 Å². The fourth-order valence-corrected chi connectivity index (χ4v) is 3.27. The summed E-state index contributed by atoms with van der Waals surface area (Å²) in [4.78, 5) is 46.5. The Balaban J connectivity index is 2.50. The Hall–Kier alpha value is -2.29. The fourth-order valence-electron chi connectivity index (χ4n) is 2.92. The van der Waals surface area contributed by atoms with Gasteiger partial charge in [-0.25, -0.2) is 4.68 Å². The molecule has 0 bridgehead atoms. The van der Waals surface area contributed by atoms with E-state index in [1.54, 1.807) is 6.20 Å². The summed E-state index contributed by atoms with van der Waals surface area (Å²) < 4.78 is 28.9. The lowest BCUT2D eigenvalue weighted by atomic mass is 9.97. The van der Waals surface area contributed by atoms with Crippen molar-refractivity contribution in [2.75, 3.05) is 6.61 Å². The average Bonchev–Trinajstić information content (AvgIpc) is 3.11. The summed E-state index contributed by atoms with van der Waals surface area (Å²) >= 11 is 2.10. The molecule has 13 heteroatoms. The molecule has 5 atom stereocenters. The molecule has 30 heavy (non-hydrogen) atoms. The van der Waals surface area contributed by atoms with E-state index in [9.17, 15) is 19.2 Å². The maximum Gasteiger partial charge on any atom is 0.303 e. The summed E-state index contributed by atoms with van der Waals surface area (Å²) in [5, 5.41) is 7.97. The smallest absolute Gasteiger partial charge is 0.303 e. The summed E-state index contributed by atoms with van der Waals surface area (Å²) in [6.45, 7) is 4.39. The van der Waals surface area contributed by atoms with Crippen molar-refractivity contribution in [3.63, 3.8) is 0 Å². The molecule has 1 aliphatic heterocycles. The van der Waals surface area contributed by atoms with Gasteiger partial charge < -0.3 is 23.7 Å². The highest BCUT2D eigenvalue weighted by molar-refractivity contribution is 14.1. The van der Waals surface area contributed by atoms with E-state index >= 15 is 0 Å². The number of ether oxygens (including phenoxy) is 5. The van der Waals surface area contributed by atoms with Gasteiger partial charge in [0, 0.05) is 32.1 Å². The minimum atomic E-state index is -1.25. The second-order valence-electron chi connectivity index (χ2n) is 6.41. The Morgan fingerprint density at radius 2 is 1.53 bits per heavy atom. The molecule has 1 fully saturated rings. The molecule has 1 aliphatic rings. The molecular weight excluding hydrogens is 517 g/mol. The Morgan fingerprint density at radius 3 is 2.03 bits per heavy atom. The van der Waals surface area contributed by atoms with Crippen LogP contribution in [0.15, 0.2) is 6.20 Å². The Morgan fingerprint density at radius 1 is 0.967 bits per heavy atom. The standard InChI is InChI=1S/C17H22IN3O9/c1-8(22)26-7-13-14(27-9(2)23)15(28-10(3)24)16(29-11(4)25)17(30-13)21-6-12(5-18)19-20-21/h6,13-17H,5,7H2,1-4H3/t13-,14+,15+,16+,17-/m1/s1. The van der Waals surface area contributed by atoms with Crippen molar-refractivity contribution in [3.05, 3.63) is 11.9 Å². The van der Waals surface area contributed by atoms with E-state index in [2.05, 4.69) is 32.9 Å². The monoisotopic (exact) mass is 539 g/mol. The van der Waals surface area contributed by atoms with E-state index in [-0.39, 0.29) is 6.61 Å². The van der Waals surface area contributed by atoms with Crippen LogP contribution in [-0.2, 0) is 47.3 Å². The van der Waals surface area contributed by atoms with Gasteiger partial charge in [0.2, 0.25) is 0 Å². The highest BCUT2D eigenvalue weighted by Crippen LogP contribution is 2.34. The quantitative estimate of drug-likeness (QED) is 0.206. The van der Waals surface area contributed by atoms with Crippen LogP contribution < -0.4 is 0 Å². The van der Waals surface area contributed by atoms with Crippen molar-refractivity contribution in [2.24, 2.45) is 0 Å². The van der Waals surface area contributed by atoms with E-state index < -0.39 is 54.5 Å². The molecule has 0 aromatic carbocycles. The number of carbonyl (C=O) groups is 4. The van der Waals surface area contributed by atoms with Gasteiger partial charge in [-0.15, -0.1) is 5.10 Å². The van der Waals surface area contributed by atoms with Gasteiger partial charge in [-0.1, -0.05) is 27.8 Å². The van der Waals surface area contributed by atoms with E-state index in [1.165, 1.54) is 18.5 Å². The van der Waals surface area contributed by atoms with Crippen LogP contribution in [0.2, 0.25) is 0 Å². The Bertz CT molecular complexity index is 799. The number of hydrogen-bond donors (Lipinski definition) is 0.